The van der Waals surface area contributed by atoms with Gasteiger partial charge in [0.1, 0.15) is 0 Å². The van der Waals surface area contributed by atoms with Gasteiger partial charge in [-0.15, -0.1) is 11.8 Å². The van der Waals surface area contributed by atoms with Crippen LogP contribution in [0.3, 0.4) is 0 Å². The first-order chi connectivity index (χ1) is 6.97. The van der Waals surface area contributed by atoms with Crippen molar-refractivity contribution in [2.75, 3.05) is 18.9 Å². The monoisotopic (exact) mass is 231 g/mol. The number of carbonyl (C=O) groups is 1. The van der Waals surface area contributed by atoms with Crippen molar-refractivity contribution in [3.8, 4) is 0 Å². The molecule has 1 aliphatic rings. The molecule has 1 atom stereocenters. The van der Waals surface area contributed by atoms with Crippen molar-refractivity contribution in [3.05, 3.63) is 0 Å². The highest BCUT2D eigenvalue weighted by molar-refractivity contribution is 8.01. The third kappa shape index (κ3) is 6.05. The van der Waals surface area contributed by atoms with Crippen LogP contribution in [-0.2, 0) is 9.53 Å². The third-order valence-electron chi connectivity index (χ3n) is 2.19. The Labute approximate surface area is 96.3 Å². The van der Waals surface area contributed by atoms with Gasteiger partial charge in [-0.25, -0.2) is 0 Å². The van der Waals surface area contributed by atoms with Crippen LogP contribution in [0.15, 0.2) is 0 Å². The minimum atomic E-state index is 0.116. The summed E-state index contributed by atoms with van der Waals surface area (Å²) in [5.74, 6) is 0.654. The molecule has 1 rings (SSSR count). The summed E-state index contributed by atoms with van der Waals surface area (Å²) in [5, 5.41) is 2.91. The van der Waals surface area contributed by atoms with Gasteiger partial charge in [-0.1, -0.05) is 20.8 Å². The van der Waals surface area contributed by atoms with E-state index < -0.39 is 0 Å². The van der Waals surface area contributed by atoms with Gasteiger partial charge < -0.3 is 10.1 Å². The maximum Gasteiger partial charge on any atom is 0.230 e. The van der Waals surface area contributed by atoms with E-state index in [9.17, 15) is 4.79 Å². The summed E-state index contributed by atoms with van der Waals surface area (Å²) in [7, 11) is 0. The zero-order chi connectivity index (χ0) is 11.3. The molecule has 0 radical (unpaired) electrons. The molecule has 0 aromatic rings. The van der Waals surface area contributed by atoms with Crippen LogP contribution in [0.5, 0.6) is 0 Å². The molecule has 1 aliphatic heterocycles. The van der Waals surface area contributed by atoms with Gasteiger partial charge in [0, 0.05) is 17.9 Å². The van der Waals surface area contributed by atoms with Crippen LogP contribution in [0.4, 0.5) is 0 Å². The Morgan fingerprint density at radius 1 is 1.53 bits per heavy atom. The molecule has 0 bridgehead atoms. The average Bonchev–Trinajstić information content (AvgIpc) is 2.62. The van der Waals surface area contributed by atoms with Gasteiger partial charge in [-0.2, -0.15) is 0 Å². The second kappa shape index (κ2) is 5.75. The normalized spacial score (nSPS) is 21.7. The van der Waals surface area contributed by atoms with Crippen molar-refractivity contribution in [1.29, 1.82) is 0 Å². The van der Waals surface area contributed by atoms with E-state index >= 15 is 0 Å². The first-order valence-corrected chi connectivity index (χ1v) is 6.48. The van der Waals surface area contributed by atoms with E-state index in [1.54, 1.807) is 11.8 Å². The van der Waals surface area contributed by atoms with E-state index in [1.165, 1.54) is 0 Å². The Hall–Kier alpha value is -0.220. The van der Waals surface area contributed by atoms with E-state index in [0.29, 0.717) is 12.3 Å². The van der Waals surface area contributed by atoms with Crippen LogP contribution in [0.2, 0.25) is 0 Å². The number of hydrogen-bond donors (Lipinski definition) is 1. The summed E-state index contributed by atoms with van der Waals surface area (Å²) in [6.45, 7) is 7.86. The minimum absolute atomic E-state index is 0.116. The standard InChI is InChI=1S/C11H21NO2S/c1-11(2,3)15-8-10(13)12-7-9-5-4-6-14-9/h9H,4-8H2,1-3H3,(H,12,13)/t9-/m1/s1. The van der Waals surface area contributed by atoms with Gasteiger partial charge in [0.2, 0.25) is 5.91 Å². The lowest BCUT2D eigenvalue weighted by atomic mass is 10.2. The third-order valence-corrected chi connectivity index (χ3v) is 3.46. The van der Waals surface area contributed by atoms with Gasteiger partial charge in [-0.05, 0) is 12.8 Å². The topological polar surface area (TPSA) is 38.3 Å². The second-order valence-corrected chi connectivity index (χ2v) is 6.64. The van der Waals surface area contributed by atoms with E-state index in [-0.39, 0.29) is 16.8 Å². The van der Waals surface area contributed by atoms with E-state index in [2.05, 4.69) is 26.1 Å². The lowest BCUT2D eigenvalue weighted by Gasteiger charge is -2.17. The molecule has 0 aliphatic carbocycles. The van der Waals surface area contributed by atoms with Crippen molar-refractivity contribution in [1.82, 2.24) is 5.32 Å². The molecule has 3 nitrogen and oxygen atoms in total. The van der Waals surface area contributed by atoms with Crippen molar-refractivity contribution in [3.63, 3.8) is 0 Å². The molecule has 1 N–H and O–H groups in total. The molecule has 88 valence electrons. The van der Waals surface area contributed by atoms with E-state index in [1.807, 2.05) is 0 Å². The number of carbonyl (C=O) groups excluding carboxylic acids is 1. The molecular formula is C11H21NO2S. The summed E-state index contributed by atoms with van der Waals surface area (Å²) in [6.07, 6.45) is 2.44. The molecule has 0 unspecified atom stereocenters. The number of ether oxygens (including phenoxy) is 1. The largest absolute Gasteiger partial charge is 0.376 e. The zero-order valence-corrected chi connectivity index (χ0v) is 10.7. The average molecular weight is 231 g/mol. The smallest absolute Gasteiger partial charge is 0.230 e. The summed E-state index contributed by atoms with van der Waals surface area (Å²) >= 11 is 1.67. The van der Waals surface area contributed by atoms with Crippen LogP contribution in [0.25, 0.3) is 0 Å². The van der Waals surface area contributed by atoms with Crippen LogP contribution in [0.1, 0.15) is 33.6 Å². The molecule has 0 aromatic heterocycles. The number of nitrogens with one attached hydrogen (secondary N) is 1. The molecule has 0 saturated carbocycles. The Morgan fingerprint density at radius 3 is 2.80 bits per heavy atom. The lowest BCUT2D eigenvalue weighted by Crippen LogP contribution is -2.33. The summed E-state index contributed by atoms with van der Waals surface area (Å²) < 4.78 is 5.58. The number of thioether (sulfide) groups is 1. The molecule has 4 heteroatoms. The van der Waals surface area contributed by atoms with Gasteiger partial charge in [-0.3, -0.25) is 4.79 Å². The number of hydrogen-bond acceptors (Lipinski definition) is 3. The van der Waals surface area contributed by atoms with Gasteiger partial charge in [0.05, 0.1) is 11.9 Å². The highest BCUT2D eigenvalue weighted by atomic mass is 32.2. The fourth-order valence-corrected chi connectivity index (χ4v) is 2.03. The second-order valence-electron chi connectivity index (χ2n) is 4.84. The molecule has 1 heterocycles. The number of rotatable bonds is 4. The first-order valence-electron chi connectivity index (χ1n) is 5.49. The zero-order valence-electron chi connectivity index (χ0n) is 9.84. The van der Waals surface area contributed by atoms with Crippen LogP contribution >= 0.6 is 11.8 Å². The Balaban J connectivity index is 2.08. The van der Waals surface area contributed by atoms with Crippen molar-refractivity contribution >= 4 is 17.7 Å². The van der Waals surface area contributed by atoms with Gasteiger partial charge in [0.15, 0.2) is 0 Å². The first kappa shape index (κ1) is 12.8. The Morgan fingerprint density at radius 2 is 2.27 bits per heavy atom. The van der Waals surface area contributed by atoms with Gasteiger partial charge in [0.25, 0.3) is 0 Å². The molecule has 1 amide bonds. The predicted octanol–water partition coefficient (Wildman–Crippen LogP) is 1.81. The van der Waals surface area contributed by atoms with Gasteiger partial charge >= 0.3 is 0 Å². The highest BCUT2D eigenvalue weighted by Gasteiger charge is 2.17. The van der Waals surface area contributed by atoms with Crippen LogP contribution < -0.4 is 5.32 Å². The van der Waals surface area contributed by atoms with Crippen molar-refractivity contribution in [2.24, 2.45) is 0 Å². The highest BCUT2D eigenvalue weighted by Crippen LogP contribution is 2.22. The molecule has 1 saturated heterocycles. The Kier molecular flexibility index (Phi) is 4.93. The van der Waals surface area contributed by atoms with E-state index in [4.69, 9.17) is 4.74 Å². The molecule has 15 heavy (non-hydrogen) atoms. The number of amides is 1. The maximum atomic E-state index is 11.5. The maximum absolute atomic E-state index is 11.5. The van der Waals surface area contributed by atoms with Crippen LogP contribution in [-0.4, -0.2) is 35.7 Å². The van der Waals surface area contributed by atoms with Crippen LogP contribution in [0, 0.1) is 0 Å². The quantitative estimate of drug-likeness (QED) is 0.802. The molecular weight excluding hydrogens is 210 g/mol. The Bertz CT molecular complexity index is 207. The lowest BCUT2D eigenvalue weighted by molar-refractivity contribution is -0.119. The van der Waals surface area contributed by atoms with Crippen molar-refractivity contribution in [2.45, 2.75) is 44.5 Å². The summed E-state index contributed by atoms with van der Waals surface area (Å²) in [6, 6.07) is 0. The fraction of sp³-hybridized carbons (Fsp3) is 0.909. The summed E-state index contributed by atoms with van der Waals surface area (Å²) in [4.78, 5) is 11.5. The molecule has 0 spiro atoms. The SMILES string of the molecule is CC(C)(C)SCC(=O)NC[C@H]1CCCO1. The van der Waals surface area contributed by atoms with Crippen molar-refractivity contribution < 1.29 is 9.53 Å². The summed E-state index contributed by atoms with van der Waals surface area (Å²) in [5.41, 5.74) is 0. The predicted molar refractivity (Wildman–Crippen MR) is 64.2 cm³/mol. The fourth-order valence-electron chi connectivity index (χ4n) is 1.37. The minimum Gasteiger partial charge on any atom is -0.376 e. The molecule has 1 fully saturated rings. The molecule has 0 aromatic carbocycles. The van der Waals surface area contributed by atoms with E-state index in [0.717, 1.165) is 19.4 Å².